The Balaban J connectivity index is 2.33. The van der Waals surface area contributed by atoms with Crippen LogP contribution >= 0.6 is 0 Å². The monoisotopic (exact) mass is 262 g/mol. The Labute approximate surface area is 114 Å². The lowest BCUT2D eigenvalue weighted by molar-refractivity contribution is 0.0575. The van der Waals surface area contributed by atoms with Crippen LogP contribution in [0.4, 0.5) is 10.5 Å². The van der Waals surface area contributed by atoms with Gasteiger partial charge in [0.25, 0.3) is 0 Å². The predicted octanol–water partition coefficient (Wildman–Crippen LogP) is 2.62. The Morgan fingerprint density at radius 1 is 1.42 bits per heavy atom. The van der Waals surface area contributed by atoms with E-state index in [0.717, 1.165) is 17.7 Å². The smallest absolute Gasteiger partial charge is 0.414 e. The van der Waals surface area contributed by atoms with Crippen LogP contribution in [0.2, 0.25) is 0 Å². The fourth-order valence-corrected chi connectivity index (χ4v) is 2.35. The summed E-state index contributed by atoms with van der Waals surface area (Å²) in [5.41, 5.74) is 8.80. The number of ether oxygens (including phenoxy) is 1. The van der Waals surface area contributed by atoms with E-state index in [2.05, 4.69) is 0 Å². The van der Waals surface area contributed by atoms with E-state index in [1.807, 2.05) is 45.9 Å². The van der Waals surface area contributed by atoms with Gasteiger partial charge in [0.05, 0.1) is 5.69 Å². The van der Waals surface area contributed by atoms with Gasteiger partial charge < -0.3 is 10.5 Å². The van der Waals surface area contributed by atoms with Gasteiger partial charge in [0, 0.05) is 12.6 Å². The third kappa shape index (κ3) is 3.07. The minimum atomic E-state index is -0.497. The number of benzene rings is 1. The average molecular weight is 262 g/mol. The van der Waals surface area contributed by atoms with E-state index in [0.29, 0.717) is 6.54 Å². The standard InChI is InChI=1S/C15H22N2O2/c1-10-6-5-7-13-12(10)8-11(16)9-17(13)14(18)19-15(2,3)4/h5-7,11H,8-9,16H2,1-4H3. The van der Waals surface area contributed by atoms with E-state index >= 15 is 0 Å². The zero-order valence-corrected chi connectivity index (χ0v) is 12.1. The number of nitrogens with two attached hydrogens (primary N) is 1. The highest BCUT2D eigenvalue weighted by molar-refractivity contribution is 5.90. The highest BCUT2D eigenvalue weighted by Gasteiger charge is 2.30. The van der Waals surface area contributed by atoms with Gasteiger partial charge in [-0.3, -0.25) is 4.90 Å². The van der Waals surface area contributed by atoms with Gasteiger partial charge in [0.2, 0.25) is 0 Å². The van der Waals surface area contributed by atoms with Crippen molar-refractivity contribution < 1.29 is 9.53 Å². The van der Waals surface area contributed by atoms with Crippen LogP contribution in [0.15, 0.2) is 18.2 Å². The Hall–Kier alpha value is -1.55. The molecule has 104 valence electrons. The largest absolute Gasteiger partial charge is 0.443 e. The van der Waals surface area contributed by atoms with E-state index in [1.54, 1.807) is 4.90 Å². The maximum atomic E-state index is 12.3. The number of hydrogen-bond donors (Lipinski definition) is 1. The molecule has 1 heterocycles. The fourth-order valence-electron chi connectivity index (χ4n) is 2.35. The van der Waals surface area contributed by atoms with Crippen LogP contribution in [0.5, 0.6) is 0 Å². The second kappa shape index (κ2) is 4.85. The molecule has 1 aromatic rings. The lowest BCUT2D eigenvalue weighted by Gasteiger charge is -2.35. The number of hydrogen-bond acceptors (Lipinski definition) is 3. The van der Waals surface area contributed by atoms with Crippen LogP contribution in [0.25, 0.3) is 0 Å². The molecule has 2 N–H and O–H groups in total. The summed E-state index contributed by atoms with van der Waals surface area (Å²) in [5.74, 6) is 0. The highest BCUT2D eigenvalue weighted by Crippen LogP contribution is 2.30. The van der Waals surface area contributed by atoms with Crippen molar-refractivity contribution in [2.75, 3.05) is 11.4 Å². The molecule has 0 bridgehead atoms. The molecule has 0 aliphatic carbocycles. The number of carbonyl (C=O) groups is 1. The second-order valence-corrected chi connectivity index (χ2v) is 6.13. The molecule has 2 rings (SSSR count). The molecular weight excluding hydrogens is 240 g/mol. The van der Waals surface area contributed by atoms with Gasteiger partial charge in [0.1, 0.15) is 5.60 Å². The first kappa shape index (κ1) is 13.9. The number of rotatable bonds is 0. The van der Waals surface area contributed by atoms with Crippen molar-refractivity contribution in [2.45, 2.75) is 45.8 Å². The molecule has 1 aliphatic heterocycles. The average Bonchev–Trinajstić information content (AvgIpc) is 2.27. The topological polar surface area (TPSA) is 55.6 Å². The summed E-state index contributed by atoms with van der Waals surface area (Å²) in [6.45, 7) is 8.15. The van der Waals surface area contributed by atoms with Gasteiger partial charge in [-0.15, -0.1) is 0 Å². The number of anilines is 1. The molecule has 1 atom stereocenters. The molecule has 4 nitrogen and oxygen atoms in total. The SMILES string of the molecule is Cc1cccc2c1CC(N)CN2C(=O)OC(C)(C)C. The van der Waals surface area contributed by atoms with Gasteiger partial charge in [-0.1, -0.05) is 12.1 Å². The van der Waals surface area contributed by atoms with Crippen molar-refractivity contribution in [1.29, 1.82) is 0 Å². The number of aryl methyl sites for hydroxylation is 1. The van der Waals surface area contributed by atoms with Crippen LogP contribution in [0.1, 0.15) is 31.9 Å². The minimum absolute atomic E-state index is 0.0406. The highest BCUT2D eigenvalue weighted by atomic mass is 16.6. The molecule has 0 aromatic heterocycles. The van der Waals surface area contributed by atoms with Gasteiger partial charge in [0.15, 0.2) is 0 Å². The Morgan fingerprint density at radius 3 is 2.74 bits per heavy atom. The van der Waals surface area contributed by atoms with Gasteiger partial charge in [-0.05, 0) is 51.3 Å². The van der Waals surface area contributed by atoms with E-state index in [1.165, 1.54) is 5.56 Å². The first-order valence-electron chi connectivity index (χ1n) is 6.62. The van der Waals surface area contributed by atoms with E-state index in [9.17, 15) is 4.79 Å². The Bertz CT molecular complexity index is 491. The molecule has 19 heavy (non-hydrogen) atoms. The maximum absolute atomic E-state index is 12.3. The van der Waals surface area contributed by atoms with Crippen LogP contribution in [0.3, 0.4) is 0 Å². The molecule has 1 amide bonds. The molecular formula is C15H22N2O2. The number of carbonyl (C=O) groups excluding carboxylic acids is 1. The zero-order chi connectivity index (χ0) is 14.2. The summed E-state index contributed by atoms with van der Waals surface area (Å²) >= 11 is 0. The van der Waals surface area contributed by atoms with E-state index in [-0.39, 0.29) is 12.1 Å². The molecule has 0 spiro atoms. The summed E-state index contributed by atoms with van der Waals surface area (Å²) in [7, 11) is 0. The van der Waals surface area contributed by atoms with Gasteiger partial charge in [-0.25, -0.2) is 4.79 Å². The molecule has 4 heteroatoms. The number of amides is 1. The van der Waals surface area contributed by atoms with Crippen molar-refractivity contribution in [3.63, 3.8) is 0 Å². The van der Waals surface area contributed by atoms with Crippen molar-refractivity contribution >= 4 is 11.8 Å². The third-order valence-corrected chi connectivity index (χ3v) is 3.17. The van der Waals surface area contributed by atoms with Crippen LogP contribution < -0.4 is 10.6 Å². The second-order valence-electron chi connectivity index (χ2n) is 6.13. The quantitative estimate of drug-likeness (QED) is 0.782. The molecule has 0 saturated carbocycles. The van der Waals surface area contributed by atoms with Crippen LogP contribution in [0, 0.1) is 6.92 Å². The maximum Gasteiger partial charge on any atom is 0.414 e. The summed E-state index contributed by atoms with van der Waals surface area (Å²) in [4.78, 5) is 13.9. The summed E-state index contributed by atoms with van der Waals surface area (Å²) < 4.78 is 5.45. The summed E-state index contributed by atoms with van der Waals surface area (Å²) in [6, 6.07) is 5.92. The normalized spacial score (nSPS) is 19.0. The van der Waals surface area contributed by atoms with Crippen LogP contribution in [-0.2, 0) is 11.2 Å². The molecule has 0 fully saturated rings. The fraction of sp³-hybridized carbons (Fsp3) is 0.533. The lowest BCUT2D eigenvalue weighted by Crippen LogP contribution is -2.48. The van der Waals surface area contributed by atoms with E-state index in [4.69, 9.17) is 10.5 Å². The first-order valence-corrected chi connectivity index (χ1v) is 6.62. The number of fused-ring (bicyclic) bond motifs is 1. The Morgan fingerprint density at radius 2 is 2.11 bits per heavy atom. The van der Waals surface area contributed by atoms with Crippen molar-refractivity contribution in [1.82, 2.24) is 0 Å². The molecule has 1 unspecified atom stereocenters. The molecule has 1 aromatic carbocycles. The van der Waals surface area contributed by atoms with Crippen LogP contribution in [-0.4, -0.2) is 24.3 Å². The summed E-state index contributed by atoms with van der Waals surface area (Å²) in [6.07, 6.45) is 0.482. The first-order chi connectivity index (χ1) is 8.78. The molecule has 0 radical (unpaired) electrons. The van der Waals surface area contributed by atoms with Crippen molar-refractivity contribution in [2.24, 2.45) is 5.73 Å². The van der Waals surface area contributed by atoms with Crippen molar-refractivity contribution in [3.8, 4) is 0 Å². The van der Waals surface area contributed by atoms with Gasteiger partial charge in [-0.2, -0.15) is 0 Å². The molecule has 0 saturated heterocycles. The van der Waals surface area contributed by atoms with Crippen molar-refractivity contribution in [3.05, 3.63) is 29.3 Å². The molecule has 1 aliphatic rings. The van der Waals surface area contributed by atoms with E-state index < -0.39 is 5.60 Å². The Kier molecular flexibility index (Phi) is 3.54. The lowest BCUT2D eigenvalue weighted by atomic mass is 9.95. The number of nitrogens with zero attached hydrogens (tertiary/aromatic N) is 1. The third-order valence-electron chi connectivity index (χ3n) is 3.17. The predicted molar refractivity (Wildman–Crippen MR) is 76.4 cm³/mol. The van der Waals surface area contributed by atoms with Gasteiger partial charge >= 0.3 is 6.09 Å². The summed E-state index contributed by atoms with van der Waals surface area (Å²) in [5, 5.41) is 0. The minimum Gasteiger partial charge on any atom is -0.443 e. The zero-order valence-electron chi connectivity index (χ0n) is 12.1.